The van der Waals surface area contributed by atoms with Crippen LogP contribution in [-0.4, -0.2) is 42.7 Å². The number of terminal acetylenes is 1. The summed E-state index contributed by atoms with van der Waals surface area (Å²) in [6.45, 7) is 1.49. The molecular formula is C9H12Cl3NO3. The van der Waals surface area contributed by atoms with Gasteiger partial charge in [0.2, 0.25) is 5.90 Å². The van der Waals surface area contributed by atoms with Crippen molar-refractivity contribution in [1.82, 2.24) is 0 Å². The minimum atomic E-state index is -1.82. The number of nitrogens with one attached hydrogen (secondary N) is 1. The second-order valence-electron chi connectivity index (χ2n) is 2.54. The number of hydrogen-bond acceptors (Lipinski definition) is 4. The highest BCUT2D eigenvalue weighted by Gasteiger charge is 2.28. The molecule has 0 aliphatic heterocycles. The largest absolute Gasteiger partial charge is 0.476 e. The van der Waals surface area contributed by atoms with E-state index >= 15 is 0 Å². The summed E-state index contributed by atoms with van der Waals surface area (Å²) in [7, 11) is 0. The molecule has 16 heavy (non-hydrogen) atoms. The van der Waals surface area contributed by atoms with Gasteiger partial charge in [-0.25, -0.2) is 0 Å². The van der Waals surface area contributed by atoms with E-state index in [-0.39, 0.29) is 19.8 Å². The van der Waals surface area contributed by atoms with Gasteiger partial charge in [0, 0.05) is 0 Å². The fourth-order valence-corrected chi connectivity index (χ4v) is 0.799. The van der Waals surface area contributed by atoms with Crippen molar-refractivity contribution in [3.8, 4) is 12.3 Å². The normalized spacial score (nSPS) is 10.9. The summed E-state index contributed by atoms with van der Waals surface area (Å²) < 4.78 is 13.1. The smallest absolute Gasteiger partial charge is 0.265 e. The first-order valence-electron chi connectivity index (χ1n) is 4.36. The van der Waals surface area contributed by atoms with Gasteiger partial charge in [0.15, 0.2) is 0 Å². The summed E-state index contributed by atoms with van der Waals surface area (Å²) in [4.78, 5) is 0. The minimum Gasteiger partial charge on any atom is -0.476 e. The average molecular weight is 289 g/mol. The summed E-state index contributed by atoms with van der Waals surface area (Å²) in [6, 6.07) is 0. The van der Waals surface area contributed by atoms with Gasteiger partial charge in [0.25, 0.3) is 3.79 Å². The standard InChI is InChI=1S/C9H12Cl3NO3/c1-2-3-14-4-5-15-6-7-16-8(13)9(10,11)12/h1,13H,3-7H2. The van der Waals surface area contributed by atoms with Gasteiger partial charge in [-0.15, -0.1) is 6.42 Å². The van der Waals surface area contributed by atoms with E-state index in [4.69, 9.17) is 60.8 Å². The van der Waals surface area contributed by atoms with Crippen molar-refractivity contribution >= 4 is 40.7 Å². The van der Waals surface area contributed by atoms with Gasteiger partial charge in [0.05, 0.1) is 19.8 Å². The second kappa shape index (κ2) is 8.91. The van der Waals surface area contributed by atoms with Crippen LogP contribution < -0.4 is 0 Å². The summed E-state index contributed by atoms with van der Waals surface area (Å²) in [5.41, 5.74) is 0. The highest BCUT2D eigenvalue weighted by atomic mass is 35.6. The molecule has 7 heteroatoms. The summed E-state index contributed by atoms with van der Waals surface area (Å²) >= 11 is 16.1. The lowest BCUT2D eigenvalue weighted by molar-refractivity contribution is 0.0440. The maximum atomic E-state index is 7.19. The Bertz CT molecular complexity index is 247. The highest BCUT2D eigenvalue weighted by molar-refractivity contribution is 6.76. The van der Waals surface area contributed by atoms with E-state index < -0.39 is 9.69 Å². The molecular weight excluding hydrogens is 276 g/mol. The molecule has 1 N–H and O–H groups in total. The SMILES string of the molecule is C#CCOCCOCCOC(=N)C(Cl)(Cl)Cl. The predicted octanol–water partition coefficient (Wildman–Crippen LogP) is 2.02. The maximum absolute atomic E-state index is 7.19. The monoisotopic (exact) mass is 287 g/mol. The maximum Gasteiger partial charge on any atom is 0.265 e. The van der Waals surface area contributed by atoms with Gasteiger partial charge >= 0.3 is 0 Å². The number of rotatable bonds is 7. The Morgan fingerprint density at radius 3 is 2.25 bits per heavy atom. The van der Waals surface area contributed by atoms with E-state index in [9.17, 15) is 0 Å². The molecule has 0 atom stereocenters. The molecule has 0 aromatic heterocycles. The van der Waals surface area contributed by atoms with Crippen LogP contribution in [0.4, 0.5) is 0 Å². The van der Waals surface area contributed by atoms with Crippen LogP contribution in [0.5, 0.6) is 0 Å². The van der Waals surface area contributed by atoms with Crippen LogP contribution >= 0.6 is 34.8 Å². The van der Waals surface area contributed by atoms with E-state index in [1.165, 1.54) is 0 Å². The van der Waals surface area contributed by atoms with Crippen molar-refractivity contribution < 1.29 is 14.2 Å². The minimum absolute atomic E-state index is 0.141. The zero-order valence-corrected chi connectivity index (χ0v) is 10.7. The van der Waals surface area contributed by atoms with Gasteiger partial charge in [0.1, 0.15) is 13.2 Å². The van der Waals surface area contributed by atoms with Crippen molar-refractivity contribution in [2.45, 2.75) is 3.79 Å². The molecule has 0 rings (SSSR count). The number of halogens is 3. The number of ether oxygens (including phenoxy) is 3. The molecule has 92 valence electrons. The molecule has 4 nitrogen and oxygen atoms in total. The second-order valence-corrected chi connectivity index (χ2v) is 4.83. The van der Waals surface area contributed by atoms with Gasteiger partial charge in [-0.2, -0.15) is 0 Å². The quantitative estimate of drug-likeness (QED) is 0.256. The van der Waals surface area contributed by atoms with Crippen LogP contribution in [-0.2, 0) is 14.2 Å². The van der Waals surface area contributed by atoms with E-state index in [2.05, 4.69) is 5.92 Å². The van der Waals surface area contributed by atoms with Crippen molar-refractivity contribution in [2.24, 2.45) is 0 Å². The zero-order chi connectivity index (χ0) is 12.4. The molecule has 0 spiro atoms. The van der Waals surface area contributed by atoms with Crippen LogP contribution in [0.25, 0.3) is 0 Å². The van der Waals surface area contributed by atoms with E-state index in [0.29, 0.717) is 13.2 Å². The Morgan fingerprint density at radius 2 is 1.69 bits per heavy atom. The lowest BCUT2D eigenvalue weighted by atomic mass is 10.7. The Balaban J connectivity index is 3.28. The molecule has 0 aromatic carbocycles. The molecule has 0 radical (unpaired) electrons. The van der Waals surface area contributed by atoms with E-state index in [1.54, 1.807) is 0 Å². The zero-order valence-electron chi connectivity index (χ0n) is 8.47. The van der Waals surface area contributed by atoms with E-state index in [0.717, 1.165) is 0 Å². The molecule has 0 aliphatic carbocycles. The van der Waals surface area contributed by atoms with Crippen LogP contribution in [0.2, 0.25) is 0 Å². The third-order valence-corrected chi connectivity index (χ3v) is 1.80. The molecule has 0 bridgehead atoms. The fraction of sp³-hybridized carbons (Fsp3) is 0.667. The summed E-state index contributed by atoms with van der Waals surface area (Å²) in [5, 5.41) is 7.19. The predicted molar refractivity (Wildman–Crippen MR) is 64.4 cm³/mol. The third-order valence-electron chi connectivity index (χ3n) is 1.29. The average Bonchev–Trinajstić information content (AvgIpc) is 2.20. The molecule has 0 saturated heterocycles. The first-order chi connectivity index (χ1) is 7.48. The Morgan fingerprint density at radius 1 is 1.12 bits per heavy atom. The van der Waals surface area contributed by atoms with Gasteiger partial charge in [-0.1, -0.05) is 40.7 Å². The van der Waals surface area contributed by atoms with Crippen LogP contribution in [0, 0.1) is 17.8 Å². The van der Waals surface area contributed by atoms with Crippen molar-refractivity contribution in [3.63, 3.8) is 0 Å². The molecule has 0 fully saturated rings. The van der Waals surface area contributed by atoms with Crippen molar-refractivity contribution in [1.29, 1.82) is 5.41 Å². The molecule has 0 heterocycles. The number of hydrogen-bond donors (Lipinski definition) is 1. The topological polar surface area (TPSA) is 51.5 Å². The first kappa shape index (κ1) is 15.8. The molecule has 0 unspecified atom stereocenters. The Kier molecular flexibility index (Phi) is 8.81. The Labute approximate surface area is 110 Å². The first-order valence-corrected chi connectivity index (χ1v) is 5.49. The van der Waals surface area contributed by atoms with Crippen LogP contribution in [0.1, 0.15) is 0 Å². The van der Waals surface area contributed by atoms with Gasteiger partial charge in [-0.05, 0) is 0 Å². The van der Waals surface area contributed by atoms with Crippen molar-refractivity contribution in [3.05, 3.63) is 0 Å². The molecule has 0 saturated carbocycles. The summed E-state index contributed by atoms with van der Waals surface area (Å²) in [6.07, 6.45) is 4.97. The molecule has 0 aromatic rings. The van der Waals surface area contributed by atoms with Crippen LogP contribution in [0.3, 0.4) is 0 Å². The molecule has 0 aliphatic rings. The fourth-order valence-electron chi connectivity index (χ4n) is 0.635. The van der Waals surface area contributed by atoms with Crippen LogP contribution in [0.15, 0.2) is 0 Å². The Hall–Kier alpha value is -0.180. The van der Waals surface area contributed by atoms with Gasteiger partial charge < -0.3 is 14.2 Å². The lowest BCUT2D eigenvalue weighted by Gasteiger charge is -2.13. The summed E-state index contributed by atoms with van der Waals surface area (Å²) in [5.74, 6) is 1.90. The van der Waals surface area contributed by atoms with Gasteiger partial charge in [-0.3, -0.25) is 5.41 Å². The third kappa shape index (κ3) is 9.08. The lowest BCUT2D eigenvalue weighted by Crippen LogP contribution is -2.23. The highest BCUT2D eigenvalue weighted by Crippen LogP contribution is 2.27. The number of alkyl halides is 3. The van der Waals surface area contributed by atoms with Crippen molar-refractivity contribution in [2.75, 3.05) is 33.0 Å². The molecule has 0 amide bonds. The van der Waals surface area contributed by atoms with E-state index in [1.807, 2.05) is 0 Å².